The van der Waals surface area contributed by atoms with Gasteiger partial charge in [-0.3, -0.25) is 24.1 Å². The number of allylic oxidation sites excluding steroid dienone is 2. The first-order chi connectivity index (χ1) is 18.8. The highest BCUT2D eigenvalue weighted by Crippen LogP contribution is 2.35. The highest BCUT2D eigenvalue weighted by atomic mass is 19.1. The molecule has 1 fully saturated rings. The zero-order valence-corrected chi connectivity index (χ0v) is 22.5. The first-order valence-electron chi connectivity index (χ1n) is 13.6. The van der Waals surface area contributed by atoms with Gasteiger partial charge in [-0.15, -0.1) is 0 Å². The fourth-order valence-corrected chi connectivity index (χ4v) is 5.23. The average Bonchev–Trinajstić information content (AvgIpc) is 3.18. The summed E-state index contributed by atoms with van der Waals surface area (Å²) in [6, 6.07) is 14.6. The molecule has 7 nitrogen and oxygen atoms in total. The minimum atomic E-state index is -0.907. The number of benzene rings is 2. The van der Waals surface area contributed by atoms with Crippen LogP contribution in [0.25, 0.3) is 0 Å². The van der Waals surface area contributed by atoms with Crippen molar-refractivity contribution >= 4 is 23.6 Å². The van der Waals surface area contributed by atoms with Crippen molar-refractivity contribution in [3.05, 3.63) is 83.7 Å². The molecule has 4 amide bonds. The van der Waals surface area contributed by atoms with E-state index in [1.807, 2.05) is 56.3 Å². The molecule has 1 saturated heterocycles. The van der Waals surface area contributed by atoms with Crippen LogP contribution in [0.3, 0.4) is 0 Å². The minimum absolute atomic E-state index is 0.0665. The van der Waals surface area contributed by atoms with Gasteiger partial charge in [-0.25, -0.2) is 4.39 Å². The Bertz CT molecular complexity index is 1200. The lowest BCUT2D eigenvalue weighted by Crippen LogP contribution is -2.51. The Kier molecular flexibility index (Phi) is 9.28. The number of carbonyl (C=O) groups excluding carboxylic acids is 4. The van der Waals surface area contributed by atoms with Gasteiger partial charge in [-0.1, -0.05) is 74.5 Å². The minimum Gasteiger partial charge on any atom is -0.354 e. The van der Waals surface area contributed by atoms with Gasteiger partial charge in [0.1, 0.15) is 11.9 Å². The number of hydrogen-bond donors (Lipinski definition) is 1. The fraction of sp³-hybridized carbons (Fsp3) is 0.419. The summed E-state index contributed by atoms with van der Waals surface area (Å²) in [4.78, 5) is 55.7. The molecule has 4 rings (SSSR count). The zero-order chi connectivity index (χ0) is 27.9. The molecule has 0 spiro atoms. The SMILES string of the molecule is CC(C)CNC(=O)[C@H](Cc1ccccc1)N(Cc1ccccc1F)C(=O)CCN1C(=O)[C@H]2CC=CC[C@H]2C1=O. The van der Waals surface area contributed by atoms with E-state index < -0.39 is 17.8 Å². The van der Waals surface area contributed by atoms with Gasteiger partial charge >= 0.3 is 0 Å². The molecule has 1 aliphatic carbocycles. The van der Waals surface area contributed by atoms with Crippen LogP contribution in [0.1, 0.15) is 44.2 Å². The second-order valence-electron chi connectivity index (χ2n) is 10.7. The normalized spacial score (nSPS) is 19.2. The van der Waals surface area contributed by atoms with E-state index in [9.17, 15) is 23.6 Å². The van der Waals surface area contributed by atoms with Gasteiger partial charge in [-0.2, -0.15) is 0 Å². The molecule has 1 N–H and O–H groups in total. The van der Waals surface area contributed by atoms with Crippen molar-refractivity contribution in [1.29, 1.82) is 0 Å². The Labute approximate surface area is 229 Å². The lowest BCUT2D eigenvalue weighted by molar-refractivity contribution is -0.144. The van der Waals surface area contributed by atoms with Crippen LogP contribution in [-0.2, 0) is 32.1 Å². The van der Waals surface area contributed by atoms with Crippen molar-refractivity contribution in [3.63, 3.8) is 0 Å². The van der Waals surface area contributed by atoms with E-state index >= 15 is 0 Å². The number of nitrogens with zero attached hydrogens (tertiary/aromatic N) is 2. The van der Waals surface area contributed by atoms with Crippen LogP contribution >= 0.6 is 0 Å². The molecular formula is C31H36FN3O4. The lowest BCUT2D eigenvalue weighted by Gasteiger charge is -2.32. The number of fused-ring (bicyclic) bond motifs is 1. The number of hydrogen-bond acceptors (Lipinski definition) is 4. The van der Waals surface area contributed by atoms with Crippen molar-refractivity contribution < 1.29 is 23.6 Å². The molecule has 1 aliphatic heterocycles. The third kappa shape index (κ3) is 6.80. The van der Waals surface area contributed by atoms with E-state index in [1.165, 1.54) is 15.9 Å². The van der Waals surface area contributed by atoms with Gasteiger partial charge in [0.15, 0.2) is 0 Å². The molecule has 1 heterocycles. The van der Waals surface area contributed by atoms with Gasteiger partial charge in [0.2, 0.25) is 23.6 Å². The Morgan fingerprint density at radius 3 is 2.21 bits per heavy atom. The molecule has 39 heavy (non-hydrogen) atoms. The maximum Gasteiger partial charge on any atom is 0.243 e. The van der Waals surface area contributed by atoms with E-state index in [4.69, 9.17) is 0 Å². The molecule has 8 heteroatoms. The average molecular weight is 534 g/mol. The Hall–Kier alpha value is -3.81. The van der Waals surface area contributed by atoms with E-state index in [0.717, 1.165) is 5.56 Å². The predicted octanol–water partition coefficient (Wildman–Crippen LogP) is 3.88. The quantitative estimate of drug-likeness (QED) is 0.351. The zero-order valence-electron chi connectivity index (χ0n) is 22.5. The summed E-state index contributed by atoms with van der Waals surface area (Å²) in [7, 11) is 0. The Balaban J connectivity index is 1.59. The van der Waals surface area contributed by atoms with Crippen LogP contribution in [0.5, 0.6) is 0 Å². The third-order valence-electron chi connectivity index (χ3n) is 7.40. The summed E-state index contributed by atoms with van der Waals surface area (Å²) in [5.74, 6) is -2.28. The van der Waals surface area contributed by atoms with E-state index in [0.29, 0.717) is 19.4 Å². The lowest BCUT2D eigenvalue weighted by atomic mass is 9.85. The second kappa shape index (κ2) is 12.8. The van der Waals surface area contributed by atoms with Crippen molar-refractivity contribution in [3.8, 4) is 0 Å². The Morgan fingerprint density at radius 1 is 0.974 bits per heavy atom. The molecule has 0 aromatic heterocycles. The van der Waals surface area contributed by atoms with Crippen molar-refractivity contribution in [2.45, 2.75) is 52.1 Å². The molecule has 0 radical (unpaired) electrons. The molecule has 206 valence electrons. The number of likely N-dealkylation sites (tertiary alicyclic amines) is 1. The van der Waals surface area contributed by atoms with E-state index in [1.54, 1.807) is 18.2 Å². The first-order valence-corrected chi connectivity index (χ1v) is 13.6. The highest BCUT2D eigenvalue weighted by Gasteiger charge is 2.47. The van der Waals surface area contributed by atoms with Crippen LogP contribution in [0.15, 0.2) is 66.7 Å². The van der Waals surface area contributed by atoms with Gasteiger partial charge in [0, 0.05) is 38.0 Å². The van der Waals surface area contributed by atoms with Crippen molar-refractivity contribution in [1.82, 2.24) is 15.1 Å². The van der Waals surface area contributed by atoms with Crippen molar-refractivity contribution in [2.24, 2.45) is 17.8 Å². The van der Waals surface area contributed by atoms with Crippen LogP contribution in [0.4, 0.5) is 4.39 Å². The molecule has 2 aromatic carbocycles. The number of rotatable bonds is 11. The van der Waals surface area contributed by atoms with Gasteiger partial charge in [-0.05, 0) is 30.4 Å². The number of halogens is 1. The van der Waals surface area contributed by atoms with E-state index in [-0.39, 0.29) is 67.0 Å². The predicted molar refractivity (Wildman–Crippen MR) is 145 cm³/mol. The maximum atomic E-state index is 14.7. The standard InChI is InChI=1S/C31H36FN3O4/c1-21(2)19-33-29(37)27(18-22-10-4-3-5-11-22)35(20-23-12-6-9-15-26(23)32)28(36)16-17-34-30(38)24-13-7-8-14-25(24)31(34)39/h3-12,15,21,24-25,27H,13-14,16-20H2,1-2H3,(H,33,37)/t24-,25+,27-/m0/s1. The summed E-state index contributed by atoms with van der Waals surface area (Å²) in [5, 5.41) is 2.93. The summed E-state index contributed by atoms with van der Waals surface area (Å²) >= 11 is 0. The third-order valence-corrected chi connectivity index (χ3v) is 7.40. The van der Waals surface area contributed by atoms with Gasteiger partial charge in [0.25, 0.3) is 0 Å². The van der Waals surface area contributed by atoms with Gasteiger partial charge < -0.3 is 10.2 Å². The number of nitrogens with one attached hydrogen (secondary N) is 1. The molecule has 2 aromatic rings. The fourth-order valence-electron chi connectivity index (χ4n) is 5.23. The van der Waals surface area contributed by atoms with Crippen LogP contribution in [-0.4, -0.2) is 52.6 Å². The number of carbonyl (C=O) groups is 4. The molecule has 0 unspecified atom stereocenters. The first kappa shape index (κ1) is 28.2. The molecule has 2 aliphatic rings. The van der Waals surface area contributed by atoms with E-state index in [2.05, 4.69) is 5.32 Å². The number of amides is 4. The summed E-state index contributed by atoms with van der Waals surface area (Å²) in [6.07, 6.45) is 4.97. The molecule has 3 atom stereocenters. The smallest absolute Gasteiger partial charge is 0.243 e. The van der Waals surface area contributed by atoms with Crippen LogP contribution < -0.4 is 5.32 Å². The summed E-state index contributed by atoms with van der Waals surface area (Å²) in [5.41, 5.74) is 1.14. The van der Waals surface area contributed by atoms with Crippen LogP contribution in [0, 0.1) is 23.6 Å². The largest absolute Gasteiger partial charge is 0.354 e. The Morgan fingerprint density at radius 2 is 1.59 bits per heavy atom. The maximum absolute atomic E-state index is 14.7. The summed E-state index contributed by atoms with van der Waals surface area (Å²) < 4.78 is 14.7. The van der Waals surface area contributed by atoms with Gasteiger partial charge in [0.05, 0.1) is 11.8 Å². The topological polar surface area (TPSA) is 86.8 Å². The highest BCUT2D eigenvalue weighted by molar-refractivity contribution is 6.05. The number of imide groups is 1. The summed E-state index contributed by atoms with van der Waals surface area (Å²) in [6.45, 7) is 4.20. The molecule has 0 bridgehead atoms. The second-order valence-corrected chi connectivity index (χ2v) is 10.7. The molecule has 0 saturated carbocycles. The molecular weight excluding hydrogens is 497 g/mol. The van der Waals surface area contributed by atoms with Crippen molar-refractivity contribution in [2.75, 3.05) is 13.1 Å². The van der Waals surface area contributed by atoms with Crippen LogP contribution in [0.2, 0.25) is 0 Å². The monoisotopic (exact) mass is 533 g/mol.